The fourth-order valence-corrected chi connectivity index (χ4v) is 4.32. The lowest BCUT2D eigenvalue weighted by Gasteiger charge is -2.27. The molecular weight excluding hydrogens is 284 g/mol. The van der Waals surface area contributed by atoms with E-state index in [-0.39, 0.29) is 0 Å². The minimum absolute atomic E-state index is 0.409. The Balaban J connectivity index is 1.28. The predicted molar refractivity (Wildman–Crippen MR) is 94.0 cm³/mol. The number of hydrogen-bond acceptors (Lipinski definition) is 2. The van der Waals surface area contributed by atoms with Gasteiger partial charge >= 0.3 is 0 Å². The van der Waals surface area contributed by atoms with Gasteiger partial charge in [0.05, 0.1) is 12.2 Å². The molecule has 0 amide bonds. The highest BCUT2D eigenvalue weighted by atomic mass is 16.7. The van der Waals surface area contributed by atoms with Crippen molar-refractivity contribution in [2.45, 2.75) is 102 Å². The highest BCUT2D eigenvalue weighted by Gasteiger charge is 2.21. The lowest BCUT2D eigenvalue weighted by Crippen LogP contribution is -2.25. The maximum absolute atomic E-state index is 5.96. The highest BCUT2D eigenvalue weighted by molar-refractivity contribution is 5.08. The summed E-state index contributed by atoms with van der Waals surface area (Å²) in [5.74, 6) is 8.48. The van der Waals surface area contributed by atoms with Crippen molar-refractivity contribution < 1.29 is 9.47 Å². The SMILES string of the molecule is C(#CC1CCC(OCOC2CCCCC2)CC1)C1CCCCC1. The smallest absolute Gasteiger partial charge is 0.147 e. The van der Waals surface area contributed by atoms with Crippen LogP contribution in [0.3, 0.4) is 0 Å². The van der Waals surface area contributed by atoms with E-state index in [4.69, 9.17) is 9.47 Å². The van der Waals surface area contributed by atoms with Crippen LogP contribution < -0.4 is 0 Å². The van der Waals surface area contributed by atoms with E-state index in [1.807, 2.05) is 0 Å². The van der Waals surface area contributed by atoms with E-state index < -0.39 is 0 Å². The molecule has 3 aliphatic rings. The molecule has 0 aromatic carbocycles. The van der Waals surface area contributed by atoms with Crippen LogP contribution in [0.5, 0.6) is 0 Å². The van der Waals surface area contributed by atoms with Gasteiger partial charge in [-0.05, 0) is 51.4 Å². The Bertz CT molecular complexity index is 374. The second-order valence-corrected chi connectivity index (χ2v) is 7.81. The van der Waals surface area contributed by atoms with Crippen LogP contribution in [0.4, 0.5) is 0 Å². The Labute approximate surface area is 142 Å². The topological polar surface area (TPSA) is 18.5 Å². The van der Waals surface area contributed by atoms with E-state index >= 15 is 0 Å². The van der Waals surface area contributed by atoms with Crippen molar-refractivity contribution in [3.63, 3.8) is 0 Å². The first-order valence-corrected chi connectivity index (χ1v) is 10.1. The van der Waals surface area contributed by atoms with Gasteiger partial charge in [0.2, 0.25) is 0 Å². The minimum Gasteiger partial charge on any atom is -0.352 e. The largest absolute Gasteiger partial charge is 0.352 e. The van der Waals surface area contributed by atoms with Gasteiger partial charge in [-0.1, -0.05) is 50.4 Å². The van der Waals surface area contributed by atoms with Crippen LogP contribution in [0.2, 0.25) is 0 Å². The molecule has 3 rings (SSSR count). The van der Waals surface area contributed by atoms with E-state index in [1.165, 1.54) is 77.0 Å². The zero-order valence-electron chi connectivity index (χ0n) is 14.7. The van der Waals surface area contributed by atoms with Crippen LogP contribution in [-0.4, -0.2) is 19.0 Å². The van der Waals surface area contributed by atoms with Gasteiger partial charge in [0, 0.05) is 11.8 Å². The summed E-state index contributed by atoms with van der Waals surface area (Å²) in [6.45, 7) is 0.508. The van der Waals surface area contributed by atoms with Crippen molar-refractivity contribution in [1.82, 2.24) is 0 Å². The van der Waals surface area contributed by atoms with Gasteiger partial charge in [-0.25, -0.2) is 0 Å². The van der Waals surface area contributed by atoms with Crippen LogP contribution in [-0.2, 0) is 9.47 Å². The van der Waals surface area contributed by atoms with E-state index in [2.05, 4.69) is 11.8 Å². The van der Waals surface area contributed by atoms with Gasteiger partial charge in [-0.2, -0.15) is 0 Å². The molecule has 0 saturated heterocycles. The third kappa shape index (κ3) is 6.12. The summed E-state index contributed by atoms with van der Waals surface area (Å²) in [6.07, 6.45) is 19.0. The maximum atomic E-state index is 5.96. The molecule has 0 aliphatic heterocycles. The Morgan fingerprint density at radius 3 is 1.61 bits per heavy atom. The van der Waals surface area contributed by atoms with Gasteiger partial charge in [0.1, 0.15) is 6.79 Å². The predicted octanol–water partition coefficient (Wildman–Crippen LogP) is 5.45. The molecule has 3 aliphatic carbocycles. The van der Waals surface area contributed by atoms with E-state index in [0.29, 0.717) is 30.8 Å². The quantitative estimate of drug-likeness (QED) is 0.507. The Morgan fingerprint density at radius 1 is 0.522 bits per heavy atom. The number of rotatable bonds is 4. The molecule has 130 valence electrons. The van der Waals surface area contributed by atoms with Crippen molar-refractivity contribution in [3.05, 3.63) is 0 Å². The summed E-state index contributed by atoms with van der Waals surface area (Å²) in [5.41, 5.74) is 0. The summed E-state index contributed by atoms with van der Waals surface area (Å²) in [4.78, 5) is 0. The highest BCUT2D eigenvalue weighted by Crippen LogP contribution is 2.28. The molecule has 0 radical (unpaired) electrons. The molecule has 2 heteroatoms. The molecule has 0 aromatic rings. The van der Waals surface area contributed by atoms with Crippen molar-refractivity contribution in [2.75, 3.05) is 6.79 Å². The number of hydrogen-bond donors (Lipinski definition) is 0. The molecule has 0 spiro atoms. The van der Waals surface area contributed by atoms with Crippen molar-refractivity contribution in [1.29, 1.82) is 0 Å². The van der Waals surface area contributed by atoms with Crippen molar-refractivity contribution in [2.24, 2.45) is 11.8 Å². The van der Waals surface area contributed by atoms with Crippen LogP contribution in [0, 0.1) is 23.7 Å². The van der Waals surface area contributed by atoms with Crippen LogP contribution in [0.1, 0.15) is 89.9 Å². The van der Waals surface area contributed by atoms with Gasteiger partial charge in [-0.15, -0.1) is 0 Å². The Kier molecular flexibility index (Phi) is 7.30. The minimum atomic E-state index is 0.409. The molecule has 23 heavy (non-hydrogen) atoms. The molecule has 3 saturated carbocycles. The molecule has 3 fully saturated rings. The average Bonchev–Trinajstić information content (AvgIpc) is 2.63. The van der Waals surface area contributed by atoms with Gasteiger partial charge in [0.25, 0.3) is 0 Å². The molecular formula is C21H34O2. The Hall–Kier alpha value is -0.520. The van der Waals surface area contributed by atoms with Gasteiger partial charge in [-0.3, -0.25) is 0 Å². The summed E-state index contributed by atoms with van der Waals surface area (Å²) >= 11 is 0. The molecule has 0 heterocycles. The van der Waals surface area contributed by atoms with Crippen molar-refractivity contribution >= 4 is 0 Å². The first kappa shape index (κ1) is 17.3. The second-order valence-electron chi connectivity index (χ2n) is 7.81. The zero-order chi connectivity index (χ0) is 15.7. The molecule has 0 bridgehead atoms. The molecule has 0 atom stereocenters. The molecule has 0 N–H and O–H groups in total. The first-order valence-electron chi connectivity index (χ1n) is 10.1. The lowest BCUT2D eigenvalue weighted by molar-refractivity contribution is -0.132. The number of ether oxygens (including phenoxy) is 2. The monoisotopic (exact) mass is 318 g/mol. The molecule has 0 aromatic heterocycles. The second kappa shape index (κ2) is 9.70. The van der Waals surface area contributed by atoms with Gasteiger partial charge in [0.15, 0.2) is 0 Å². The van der Waals surface area contributed by atoms with Crippen LogP contribution >= 0.6 is 0 Å². The lowest BCUT2D eigenvalue weighted by atomic mass is 9.85. The first-order chi connectivity index (χ1) is 11.4. The fraction of sp³-hybridized carbons (Fsp3) is 0.905. The zero-order valence-corrected chi connectivity index (χ0v) is 14.7. The van der Waals surface area contributed by atoms with E-state index in [1.54, 1.807) is 0 Å². The summed E-state index contributed by atoms with van der Waals surface area (Å²) in [6, 6.07) is 0. The normalized spacial score (nSPS) is 30.6. The third-order valence-corrected chi connectivity index (χ3v) is 5.93. The van der Waals surface area contributed by atoms with Gasteiger partial charge < -0.3 is 9.47 Å². The molecule has 2 nitrogen and oxygen atoms in total. The Morgan fingerprint density at radius 2 is 1.00 bits per heavy atom. The van der Waals surface area contributed by atoms with E-state index in [0.717, 1.165) is 12.8 Å². The summed E-state index contributed by atoms with van der Waals surface area (Å²) < 4.78 is 11.8. The van der Waals surface area contributed by atoms with Crippen molar-refractivity contribution in [3.8, 4) is 11.8 Å². The fourth-order valence-electron chi connectivity index (χ4n) is 4.32. The summed E-state index contributed by atoms with van der Waals surface area (Å²) in [5, 5.41) is 0. The van der Waals surface area contributed by atoms with E-state index in [9.17, 15) is 0 Å². The standard InChI is InChI=1S/C21H34O2/c1-3-7-18(8-4-1)11-12-19-13-15-21(16-14-19)23-17-22-20-9-5-2-6-10-20/h18-21H,1-10,13-17H2. The summed E-state index contributed by atoms with van der Waals surface area (Å²) in [7, 11) is 0. The maximum Gasteiger partial charge on any atom is 0.147 e. The molecule has 0 unspecified atom stereocenters. The van der Waals surface area contributed by atoms with Crippen LogP contribution in [0.25, 0.3) is 0 Å². The third-order valence-electron chi connectivity index (χ3n) is 5.93. The van der Waals surface area contributed by atoms with Crippen LogP contribution in [0.15, 0.2) is 0 Å². The average molecular weight is 319 g/mol.